The second-order valence-corrected chi connectivity index (χ2v) is 9.16. The van der Waals surface area contributed by atoms with E-state index in [-0.39, 0.29) is 17.3 Å². The minimum Gasteiger partial charge on any atom is -0.379 e. The summed E-state index contributed by atoms with van der Waals surface area (Å²) in [7, 11) is -3.57. The number of carbonyl (C=O) groups excluding carboxylic acids is 1. The van der Waals surface area contributed by atoms with Crippen molar-refractivity contribution in [1.29, 1.82) is 0 Å². The fourth-order valence-corrected chi connectivity index (χ4v) is 4.50. The van der Waals surface area contributed by atoms with Gasteiger partial charge in [0.15, 0.2) is 0 Å². The molecule has 0 aliphatic carbocycles. The Morgan fingerprint density at radius 3 is 2.41 bits per heavy atom. The van der Waals surface area contributed by atoms with Crippen LogP contribution in [0.4, 0.5) is 11.4 Å². The summed E-state index contributed by atoms with van der Waals surface area (Å²) in [5, 5.41) is 5.82. The van der Waals surface area contributed by atoms with Crippen LogP contribution in [0.3, 0.4) is 0 Å². The van der Waals surface area contributed by atoms with Gasteiger partial charge in [-0.3, -0.25) is 4.79 Å². The van der Waals surface area contributed by atoms with Crippen LogP contribution in [0.1, 0.15) is 25.3 Å². The summed E-state index contributed by atoms with van der Waals surface area (Å²) in [5.41, 5.74) is 2.51. The monoisotopic (exact) mass is 417 g/mol. The Kier molecular flexibility index (Phi) is 6.89. The Balaban J connectivity index is 1.59. The van der Waals surface area contributed by atoms with Gasteiger partial charge >= 0.3 is 0 Å². The maximum atomic E-state index is 12.8. The third-order valence-corrected chi connectivity index (χ3v) is 6.65. The van der Waals surface area contributed by atoms with Crippen molar-refractivity contribution in [2.45, 2.75) is 24.7 Å². The number of nitrogens with zero attached hydrogens (tertiary/aromatic N) is 1. The van der Waals surface area contributed by atoms with E-state index in [0.29, 0.717) is 37.9 Å². The van der Waals surface area contributed by atoms with Crippen LogP contribution in [-0.2, 0) is 19.6 Å². The summed E-state index contributed by atoms with van der Waals surface area (Å²) in [6.07, 6.45) is 0. The zero-order chi connectivity index (χ0) is 20.9. The first kappa shape index (κ1) is 21.3. The maximum Gasteiger partial charge on any atom is 0.243 e. The molecule has 1 fully saturated rings. The third-order valence-electron chi connectivity index (χ3n) is 4.76. The van der Waals surface area contributed by atoms with Gasteiger partial charge in [-0.05, 0) is 41.8 Å². The Hall–Kier alpha value is -2.42. The van der Waals surface area contributed by atoms with E-state index < -0.39 is 10.0 Å². The topological polar surface area (TPSA) is 87.7 Å². The largest absolute Gasteiger partial charge is 0.379 e. The molecule has 0 bridgehead atoms. The molecule has 1 saturated heterocycles. The lowest BCUT2D eigenvalue weighted by molar-refractivity contribution is -0.114. The quantitative estimate of drug-likeness (QED) is 0.723. The van der Waals surface area contributed by atoms with Crippen molar-refractivity contribution < 1.29 is 17.9 Å². The van der Waals surface area contributed by atoms with E-state index in [0.717, 1.165) is 5.69 Å². The summed E-state index contributed by atoms with van der Waals surface area (Å²) < 4.78 is 32.2. The minimum atomic E-state index is -3.57. The number of amides is 1. The first-order valence-electron chi connectivity index (χ1n) is 9.68. The van der Waals surface area contributed by atoms with Crippen molar-refractivity contribution in [2.75, 3.05) is 43.5 Å². The zero-order valence-electron chi connectivity index (χ0n) is 16.7. The van der Waals surface area contributed by atoms with Crippen molar-refractivity contribution in [1.82, 2.24) is 4.31 Å². The average molecular weight is 418 g/mol. The van der Waals surface area contributed by atoms with E-state index in [9.17, 15) is 13.2 Å². The van der Waals surface area contributed by atoms with Crippen molar-refractivity contribution in [3.05, 3.63) is 54.1 Å². The molecule has 0 radical (unpaired) electrons. The maximum absolute atomic E-state index is 12.8. The second kappa shape index (κ2) is 9.39. The van der Waals surface area contributed by atoms with Crippen LogP contribution in [0.2, 0.25) is 0 Å². The van der Waals surface area contributed by atoms with Crippen LogP contribution in [-0.4, -0.2) is 51.5 Å². The van der Waals surface area contributed by atoms with Crippen LogP contribution >= 0.6 is 0 Å². The lowest BCUT2D eigenvalue weighted by Crippen LogP contribution is -2.40. The Bertz CT molecular complexity index is 937. The highest BCUT2D eigenvalue weighted by Gasteiger charge is 2.26. The van der Waals surface area contributed by atoms with E-state index in [1.54, 1.807) is 24.3 Å². The van der Waals surface area contributed by atoms with Gasteiger partial charge in [0.1, 0.15) is 0 Å². The van der Waals surface area contributed by atoms with E-state index in [1.165, 1.54) is 9.87 Å². The van der Waals surface area contributed by atoms with Gasteiger partial charge in [-0.2, -0.15) is 4.31 Å². The molecule has 0 atom stereocenters. The second-order valence-electron chi connectivity index (χ2n) is 7.22. The molecule has 3 rings (SSSR count). The number of morpholine rings is 1. The number of anilines is 2. The molecule has 2 aromatic carbocycles. The van der Waals surface area contributed by atoms with E-state index >= 15 is 0 Å². The molecule has 2 N–H and O–H groups in total. The Morgan fingerprint density at radius 1 is 1.07 bits per heavy atom. The zero-order valence-corrected chi connectivity index (χ0v) is 17.5. The van der Waals surface area contributed by atoms with Crippen molar-refractivity contribution in [3.63, 3.8) is 0 Å². The smallest absolute Gasteiger partial charge is 0.243 e. The Labute approximate surface area is 172 Å². The Morgan fingerprint density at radius 2 is 1.76 bits per heavy atom. The number of hydrogen-bond acceptors (Lipinski definition) is 5. The number of rotatable bonds is 7. The fraction of sp³-hybridized carbons (Fsp3) is 0.381. The van der Waals surface area contributed by atoms with Crippen LogP contribution in [0.25, 0.3) is 0 Å². The molecular weight excluding hydrogens is 390 g/mol. The van der Waals surface area contributed by atoms with Gasteiger partial charge in [0.2, 0.25) is 15.9 Å². The van der Waals surface area contributed by atoms with E-state index in [1.807, 2.05) is 24.3 Å². The van der Waals surface area contributed by atoms with Crippen LogP contribution < -0.4 is 10.6 Å². The van der Waals surface area contributed by atoms with Crippen LogP contribution in [0.5, 0.6) is 0 Å². The van der Waals surface area contributed by atoms with Gasteiger partial charge in [-0.1, -0.05) is 32.0 Å². The van der Waals surface area contributed by atoms with Crippen LogP contribution in [0, 0.1) is 0 Å². The van der Waals surface area contributed by atoms with Crippen molar-refractivity contribution in [2.24, 2.45) is 0 Å². The highest BCUT2D eigenvalue weighted by atomic mass is 32.2. The SMILES string of the molecule is CC(C)c1ccc(NC(=O)CNc2cccc(S(=O)(=O)N3CCOCC3)c2)cc1. The highest BCUT2D eigenvalue weighted by Crippen LogP contribution is 2.21. The summed E-state index contributed by atoms with van der Waals surface area (Å²) >= 11 is 0. The molecule has 0 spiro atoms. The molecule has 1 heterocycles. The first-order valence-corrected chi connectivity index (χ1v) is 11.1. The molecule has 1 amide bonds. The molecule has 156 valence electrons. The summed E-state index contributed by atoms with van der Waals surface area (Å²) in [6.45, 7) is 5.75. The van der Waals surface area contributed by atoms with E-state index in [4.69, 9.17) is 4.74 Å². The normalized spacial score (nSPS) is 15.3. The van der Waals surface area contributed by atoms with Gasteiger partial charge in [0.05, 0.1) is 24.7 Å². The molecule has 1 aliphatic rings. The fourth-order valence-electron chi connectivity index (χ4n) is 3.04. The van der Waals surface area contributed by atoms with E-state index in [2.05, 4.69) is 24.5 Å². The predicted octanol–water partition coefficient (Wildman–Crippen LogP) is 2.88. The molecule has 8 heteroatoms. The van der Waals surface area contributed by atoms with Gasteiger partial charge < -0.3 is 15.4 Å². The molecule has 0 aromatic heterocycles. The number of benzene rings is 2. The molecule has 0 saturated carbocycles. The number of sulfonamides is 1. The molecule has 29 heavy (non-hydrogen) atoms. The molecule has 7 nitrogen and oxygen atoms in total. The van der Waals surface area contributed by atoms with Gasteiger partial charge in [-0.25, -0.2) is 8.42 Å². The molecule has 0 unspecified atom stereocenters. The number of carbonyl (C=O) groups is 1. The number of ether oxygens (including phenoxy) is 1. The minimum absolute atomic E-state index is 0.0347. The number of nitrogens with one attached hydrogen (secondary N) is 2. The first-order chi connectivity index (χ1) is 13.9. The molecule has 2 aromatic rings. The predicted molar refractivity (Wildman–Crippen MR) is 114 cm³/mol. The van der Waals surface area contributed by atoms with Crippen molar-refractivity contribution >= 4 is 27.3 Å². The standard InChI is InChI=1S/C21H27N3O4S/c1-16(2)17-6-8-18(9-7-17)23-21(25)15-22-19-4-3-5-20(14-19)29(26,27)24-10-12-28-13-11-24/h3-9,14,16,22H,10-13,15H2,1-2H3,(H,23,25). The van der Waals surface area contributed by atoms with Gasteiger partial charge in [0, 0.05) is 24.5 Å². The molecular formula is C21H27N3O4S. The lowest BCUT2D eigenvalue weighted by Gasteiger charge is -2.26. The van der Waals surface area contributed by atoms with Gasteiger partial charge in [0.25, 0.3) is 0 Å². The lowest BCUT2D eigenvalue weighted by atomic mass is 10.0. The van der Waals surface area contributed by atoms with Gasteiger partial charge in [-0.15, -0.1) is 0 Å². The average Bonchev–Trinajstić information content (AvgIpc) is 2.73. The highest BCUT2D eigenvalue weighted by molar-refractivity contribution is 7.89. The molecule has 1 aliphatic heterocycles. The summed E-state index contributed by atoms with van der Waals surface area (Å²) in [4.78, 5) is 12.4. The summed E-state index contributed by atoms with van der Waals surface area (Å²) in [6, 6.07) is 14.3. The third kappa shape index (κ3) is 5.56. The van der Waals surface area contributed by atoms with Crippen molar-refractivity contribution in [3.8, 4) is 0 Å². The van der Waals surface area contributed by atoms with Crippen LogP contribution in [0.15, 0.2) is 53.4 Å². The number of hydrogen-bond donors (Lipinski definition) is 2. The summed E-state index contributed by atoms with van der Waals surface area (Å²) in [5.74, 6) is 0.228.